The lowest BCUT2D eigenvalue weighted by Gasteiger charge is -2.34. The molecular formula is C12H24N2O3. The Labute approximate surface area is 103 Å². The third-order valence-corrected chi connectivity index (χ3v) is 3.13. The predicted molar refractivity (Wildman–Crippen MR) is 65.8 cm³/mol. The van der Waals surface area contributed by atoms with Crippen LogP contribution in [0.3, 0.4) is 0 Å². The Bertz CT molecular complexity index is 236. The Hall–Kier alpha value is -0.650. The summed E-state index contributed by atoms with van der Waals surface area (Å²) in [5.74, 6) is 0.00917. The molecule has 0 bridgehead atoms. The first kappa shape index (κ1) is 14.4. The number of ether oxygens (including phenoxy) is 1. The van der Waals surface area contributed by atoms with E-state index in [4.69, 9.17) is 4.74 Å². The third kappa shape index (κ3) is 5.02. The summed E-state index contributed by atoms with van der Waals surface area (Å²) in [6.45, 7) is 3.85. The minimum absolute atomic E-state index is 0.00917. The molecule has 0 radical (unpaired) electrons. The molecule has 0 spiro atoms. The minimum atomic E-state index is 0.00917. The molecule has 17 heavy (non-hydrogen) atoms. The number of hydrogen-bond acceptors (Lipinski definition) is 4. The SMILES string of the molecule is COCC(C)NC(=O)CN1CCCCC1CO. The van der Waals surface area contributed by atoms with Crippen LogP contribution in [0.15, 0.2) is 0 Å². The summed E-state index contributed by atoms with van der Waals surface area (Å²) in [7, 11) is 1.62. The largest absolute Gasteiger partial charge is 0.395 e. The maximum atomic E-state index is 11.8. The highest BCUT2D eigenvalue weighted by molar-refractivity contribution is 5.78. The Morgan fingerprint density at radius 1 is 1.59 bits per heavy atom. The van der Waals surface area contributed by atoms with Gasteiger partial charge in [-0.2, -0.15) is 0 Å². The van der Waals surface area contributed by atoms with Gasteiger partial charge in [-0.15, -0.1) is 0 Å². The number of aliphatic hydroxyl groups excluding tert-OH is 1. The van der Waals surface area contributed by atoms with Crippen molar-refractivity contribution in [2.45, 2.75) is 38.3 Å². The highest BCUT2D eigenvalue weighted by Gasteiger charge is 2.23. The van der Waals surface area contributed by atoms with Gasteiger partial charge in [-0.3, -0.25) is 9.69 Å². The van der Waals surface area contributed by atoms with Gasteiger partial charge in [0, 0.05) is 19.2 Å². The number of likely N-dealkylation sites (tertiary alicyclic amines) is 1. The van der Waals surface area contributed by atoms with E-state index in [-0.39, 0.29) is 24.6 Å². The predicted octanol–water partition coefficient (Wildman–Crippen LogP) is -0.0157. The van der Waals surface area contributed by atoms with Crippen LogP contribution in [0.1, 0.15) is 26.2 Å². The molecule has 0 aromatic rings. The van der Waals surface area contributed by atoms with Crippen LogP contribution < -0.4 is 5.32 Å². The lowest BCUT2D eigenvalue weighted by Crippen LogP contribution is -2.48. The number of piperidine rings is 1. The summed E-state index contributed by atoms with van der Waals surface area (Å²) in [5, 5.41) is 12.1. The zero-order valence-electron chi connectivity index (χ0n) is 10.8. The van der Waals surface area contributed by atoms with E-state index in [0.29, 0.717) is 13.2 Å². The van der Waals surface area contributed by atoms with E-state index in [1.807, 2.05) is 6.92 Å². The van der Waals surface area contributed by atoms with Crippen molar-refractivity contribution in [3.8, 4) is 0 Å². The van der Waals surface area contributed by atoms with E-state index in [2.05, 4.69) is 10.2 Å². The average molecular weight is 244 g/mol. The molecule has 0 aliphatic carbocycles. The fraction of sp³-hybridized carbons (Fsp3) is 0.917. The quantitative estimate of drug-likeness (QED) is 0.689. The number of nitrogens with one attached hydrogen (secondary N) is 1. The second kappa shape index (κ2) is 7.63. The van der Waals surface area contributed by atoms with Crippen LogP contribution in [0.2, 0.25) is 0 Å². The molecule has 0 aromatic heterocycles. The molecule has 1 rings (SSSR count). The molecule has 5 nitrogen and oxygen atoms in total. The third-order valence-electron chi connectivity index (χ3n) is 3.13. The summed E-state index contributed by atoms with van der Waals surface area (Å²) < 4.78 is 4.97. The molecule has 1 aliphatic rings. The van der Waals surface area contributed by atoms with Gasteiger partial charge >= 0.3 is 0 Å². The number of hydrogen-bond donors (Lipinski definition) is 2. The van der Waals surface area contributed by atoms with Crippen molar-refractivity contribution < 1.29 is 14.6 Å². The smallest absolute Gasteiger partial charge is 0.234 e. The number of methoxy groups -OCH3 is 1. The number of amides is 1. The molecule has 1 heterocycles. The Morgan fingerprint density at radius 3 is 3.00 bits per heavy atom. The second-order valence-electron chi connectivity index (χ2n) is 4.73. The van der Waals surface area contributed by atoms with E-state index in [1.165, 1.54) is 0 Å². The molecule has 1 amide bonds. The number of carbonyl (C=O) groups is 1. The van der Waals surface area contributed by atoms with Crippen molar-refractivity contribution in [1.82, 2.24) is 10.2 Å². The first-order chi connectivity index (χ1) is 8.17. The Balaban J connectivity index is 2.33. The summed E-state index contributed by atoms with van der Waals surface area (Å²) in [4.78, 5) is 13.8. The Morgan fingerprint density at radius 2 is 2.35 bits per heavy atom. The molecule has 1 aliphatic heterocycles. The van der Waals surface area contributed by atoms with Crippen LogP contribution in [0.5, 0.6) is 0 Å². The normalized spacial score (nSPS) is 23.4. The van der Waals surface area contributed by atoms with Gasteiger partial charge < -0.3 is 15.2 Å². The maximum Gasteiger partial charge on any atom is 0.234 e. The van der Waals surface area contributed by atoms with E-state index in [1.54, 1.807) is 7.11 Å². The number of rotatable bonds is 6. The van der Waals surface area contributed by atoms with Crippen molar-refractivity contribution in [1.29, 1.82) is 0 Å². The molecule has 1 fully saturated rings. The summed E-state index contributed by atoms with van der Waals surface area (Å²) in [6.07, 6.45) is 3.23. The van der Waals surface area contributed by atoms with Crippen molar-refractivity contribution in [3.05, 3.63) is 0 Å². The van der Waals surface area contributed by atoms with Crippen LogP contribution in [0.4, 0.5) is 0 Å². The second-order valence-corrected chi connectivity index (χ2v) is 4.73. The molecular weight excluding hydrogens is 220 g/mol. The standard InChI is InChI=1S/C12H24N2O3/c1-10(9-17-2)13-12(16)7-14-6-4-3-5-11(14)8-15/h10-11,15H,3-9H2,1-2H3,(H,13,16). The van der Waals surface area contributed by atoms with Gasteiger partial charge in [-0.05, 0) is 26.3 Å². The highest BCUT2D eigenvalue weighted by Crippen LogP contribution is 2.15. The Kier molecular flexibility index (Phi) is 6.47. The molecule has 5 heteroatoms. The molecule has 0 aromatic carbocycles. The van der Waals surface area contributed by atoms with Crippen molar-refractivity contribution in [3.63, 3.8) is 0 Å². The number of carbonyl (C=O) groups excluding carboxylic acids is 1. The van der Waals surface area contributed by atoms with Gasteiger partial charge in [0.1, 0.15) is 0 Å². The van der Waals surface area contributed by atoms with Gasteiger partial charge in [-0.1, -0.05) is 6.42 Å². The summed E-state index contributed by atoms with van der Waals surface area (Å²) in [6, 6.07) is 0.178. The van der Waals surface area contributed by atoms with Gasteiger partial charge in [-0.25, -0.2) is 0 Å². The maximum absolute atomic E-state index is 11.8. The van der Waals surface area contributed by atoms with Crippen molar-refractivity contribution in [2.24, 2.45) is 0 Å². The fourth-order valence-electron chi connectivity index (χ4n) is 2.27. The number of nitrogens with zero attached hydrogens (tertiary/aromatic N) is 1. The molecule has 2 atom stereocenters. The average Bonchev–Trinajstić information content (AvgIpc) is 2.29. The zero-order chi connectivity index (χ0) is 12.7. The fourth-order valence-corrected chi connectivity index (χ4v) is 2.27. The van der Waals surface area contributed by atoms with Crippen molar-refractivity contribution in [2.75, 3.05) is 33.4 Å². The van der Waals surface area contributed by atoms with Crippen LogP contribution in [0.25, 0.3) is 0 Å². The van der Waals surface area contributed by atoms with Gasteiger partial charge in [0.05, 0.1) is 19.8 Å². The van der Waals surface area contributed by atoms with Gasteiger partial charge in [0.2, 0.25) is 5.91 Å². The van der Waals surface area contributed by atoms with Gasteiger partial charge in [0.25, 0.3) is 0 Å². The molecule has 2 N–H and O–H groups in total. The first-order valence-electron chi connectivity index (χ1n) is 6.30. The molecule has 1 saturated heterocycles. The van der Waals surface area contributed by atoms with Crippen LogP contribution in [-0.4, -0.2) is 61.4 Å². The summed E-state index contributed by atoms with van der Waals surface area (Å²) >= 11 is 0. The van der Waals surface area contributed by atoms with E-state index in [0.717, 1.165) is 25.8 Å². The van der Waals surface area contributed by atoms with E-state index < -0.39 is 0 Å². The lowest BCUT2D eigenvalue weighted by molar-refractivity contribution is -0.124. The minimum Gasteiger partial charge on any atom is -0.395 e. The number of aliphatic hydroxyl groups is 1. The monoisotopic (exact) mass is 244 g/mol. The molecule has 0 saturated carbocycles. The van der Waals surface area contributed by atoms with E-state index >= 15 is 0 Å². The van der Waals surface area contributed by atoms with Gasteiger partial charge in [0.15, 0.2) is 0 Å². The molecule has 100 valence electrons. The first-order valence-corrected chi connectivity index (χ1v) is 6.30. The highest BCUT2D eigenvalue weighted by atomic mass is 16.5. The van der Waals surface area contributed by atoms with E-state index in [9.17, 15) is 9.90 Å². The van der Waals surface area contributed by atoms with Crippen molar-refractivity contribution >= 4 is 5.91 Å². The van der Waals surface area contributed by atoms with Crippen LogP contribution >= 0.6 is 0 Å². The lowest BCUT2D eigenvalue weighted by atomic mass is 10.0. The summed E-state index contributed by atoms with van der Waals surface area (Å²) in [5.41, 5.74) is 0. The zero-order valence-corrected chi connectivity index (χ0v) is 10.8. The molecule has 2 unspecified atom stereocenters. The van der Waals surface area contributed by atoms with Crippen LogP contribution in [-0.2, 0) is 9.53 Å². The van der Waals surface area contributed by atoms with Crippen LogP contribution in [0, 0.1) is 0 Å². The topological polar surface area (TPSA) is 61.8 Å².